The molecule has 0 aliphatic carbocycles. The fourth-order valence-electron chi connectivity index (χ4n) is 1.60. The van der Waals surface area contributed by atoms with E-state index in [-0.39, 0.29) is 11.9 Å². The van der Waals surface area contributed by atoms with Crippen LogP contribution in [0.5, 0.6) is 0 Å². The summed E-state index contributed by atoms with van der Waals surface area (Å²) in [5.41, 5.74) is 1.28. The molecule has 0 aliphatic heterocycles. The van der Waals surface area contributed by atoms with E-state index in [0.717, 1.165) is 5.52 Å². The van der Waals surface area contributed by atoms with Gasteiger partial charge in [0.05, 0.1) is 29.8 Å². The lowest BCUT2D eigenvalue weighted by atomic mass is 10.2. The number of carbonyl (C=O) groups excluding carboxylic acids is 1. The van der Waals surface area contributed by atoms with Gasteiger partial charge in [-0.3, -0.25) is 4.79 Å². The van der Waals surface area contributed by atoms with E-state index >= 15 is 0 Å². The quantitative estimate of drug-likeness (QED) is 0.862. The van der Waals surface area contributed by atoms with Crippen molar-refractivity contribution in [3.63, 3.8) is 0 Å². The molecule has 0 aromatic carbocycles. The van der Waals surface area contributed by atoms with E-state index in [0.29, 0.717) is 12.0 Å². The summed E-state index contributed by atoms with van der Waals surface area (Å²) >= 11 is 0. The predicted molar refractivity (Wildman–Crippen MR) is 62.4 cm³/mol. The van der Waals surface area contributed by atoms with Crippen molar-refractivity contribution in [3.05, 3.63) is 36.2 Å². The maximum atomic E-state index is 11.9. The zero-order chi connectivity index (χ0) is 12.3. The van der Waals surface area contributed by atoms with E-state index in [1.54, 1.807) is 17.6 Å². The monoisotopic (exact) mass is 228 g/mol. The molecule has 0 spiro atoms. The Morgan fingerprint density at radius 2 is 2.47 bits per heavy atom. The lowest BCUT2D eigenvalue weighted by Crippen LogP contribution is -2.32. The summed E-state index contributed by atoms with van der Waals surface area (Å²) in [5.74, 6) is -0.200. The zero-order valence-electron chi connectivity index (χ0n) is 9.42. The van der Waals surface area contributed by atoms with Gasteiger partial charge in [-0.05, 0) is 19.1 Å². The number of hydrogen-bond acceptors (Lipinski definition) is 3. The second-order valence-corrected chi connectivity index (χ2v) is 3.83. The highest BCUT2D eigenvalue weighted by molar-refractivity contribution is 6.00. The molecule has 5 nitrogen and oxygen atoms in total. The number of hydrogen-bond donors (Lipinski definition) is 1. The van der Waals surface area contributed by atoms with Crippen LogP contribution in [0.1, 0.15) is 23.7 Å². The molecule has 1 N–H and O–H groups in total. The number of rotatable bonds is 3. The van der Waals surface area contributed by atoms with Gasteiger partial charge in [0.2, 0.25) is 0 Å². The Balaban J connectivity index is 2.23. The van der Waals surface area contributed by atoms with Gasteiger partial charge in [0.25, 0.3) is 5.91 Å². The molecule has 0 fully saturated rings. The van der Waals surface area contributed by atoms with E-state index in [2.05, 4.69) is 10.4 Å². The van der Waals surface area contributed by atoms with Gasteiger partial charge in [-0.25, -0.2) is 4.52 Å². The number of fused-ring (bicyclic) bond motifs is 1. The van der Waals surface area contributed by atoms with Crippen LogP contribution in [0.2, 0.25) is 0 Å². The summed E-state index contributed by atoms with van der Waals surface area (Å²) in [4.78, 5) is 11.9. The summed E-state index contributed by atoms with van der Waals surface area (Å²) < 4.78 is 1.64. The van der Waals surface area contributed by atoms with Crippen LogP contribution in [-0.2, 0) is 0 Å². The number of pyridine rings is 1. The van der Waals surface area contributed by atoms with Gasteiger partial charge in [0.1, 0.15) is 0 Å². The summed E-state index contributed by atoms with van der Waals surface area (Å²) in [6.07, 6.45) is 3.61. The average molecular weight is 228 g/mol. The number of nitrogens with zero attached hydrogens (tertiary/aromatic N) is 3. The Morgan fingerprint density at radius 1 is 1.65 bits per heavy atom. The number of carbonyl (C=O) groups is 1. The van der Waals surface area contributed by atoms with Crippen molar-refractivity contribution in [2.75, 3.05) is 0 Å². The smallest absolute Gasteiger partial charge is 0.255 e. The Labute approximate surface area is 98.7 Å². The van der Waals surface area contributed by atoms with Crippen LogP contribution < -0.4 is 5.32 Å². The summed E-state index contributed by atoms with van der Waals surface area (Å²) in [6, 6.07) is 7.39. The Kier molecular flexibility index (Phi) is 3.06. The number of nitrogens with one attached hydrogen (secondary N) is 1. The molecule has 86 valence electrons. The van der Waals surface area contributed by atoms with Gasteiger partial charge in [-0.2, -0.15) is 10.4 Å². The second-order valence-electron chi connectivity index (χ2n) is 3.83. The largest absolute Gasteiger partial charge is 0.348 e. The molecule has 0 aliphatic rings. The molecule has 1 amide bonds. The SMILES string of the molecule is CC(CC#N)NC(=O)c1cnn2ccccc12. The summed E-state index contributed by atoms with van der Waals surface area (Å²) in [5, 5.41) is 15.4. The lowest BCUT2D eigenvalue weighted by molar-refractivity contribution is 0.0942. The van der Waals surface area contributed by atoms with Crippen molar-refractivity contribution < 1.29 is 4.79 Å². The number of amides is 1. The third-order valence-corrected chi connectivity index (χ3v) is 2.45. The van der Waals surface area contributed by atoms with Crippen LogP contribution in [0.4, 0.5) is 0 Å². The minimum atomic E-state index is -0.200. The minimum absolute atomic E-state index is 0.161. The topological polar surface area (TPSA) is 70.2 Å². The third kappa shape index (κ3) is 2.26. The molecule has 0 radical (unpaired) electrons. The Morgan fingerprint density at radius 3 is 3.24 bits per heavy atom. The van der Waals surface area contributed by atoms with Gasteiger partial charge in [-0.15, -0.1) is 0 Å². The molecule has 0 saturated carbocycles. The van der Waals surface area contributed by atoms with Crippen LogP contribution in [0.25, 0.3) is 5.52 Å². The lowest BCUT2D eigenvalue weighted by Gasteiger charge is -2.08. The Hall–Kier alpha value is -2.35. The highest BCUT2D eigenvalue weighted by atomic mass is 16.1. The molecule has 1 atom stereocenters. The highest BCUT2D eigenvalue weighted by Crippen LogP contribution is 2.09. The van der Waals surface area contributed by atoms with Crippen molar-refractivity contribution in [2.24, 2.45) is 0 Å². The van der Waals surface area contributed by atoms with Crippen LogP contribution in [0.15, 0.2) is 30.6 Å². The standard InChI is InChI=1S/C12H12N4O/c1-9(5-6-13)15-12(17)10-8-14-16-7-3-2-4-11(10)16/h2-4,7-9H,5H2,1H3,(H,15,17). The highest BCUT2D eigenvalue weighted by Gasteiger charge is 2.14. The van der Waals surface area contributed by atoms with Crippen LogP contribution >= 0.6 is 0 Å². The van der Waals surface area contributed by atoms with Crippen molar-refractivity contribution in [3.8, 4) is 6.07 Å². The van der Waals surface area contributed by atoms with Crippen molar-refractivity contribution >= 4 is 11.4 Å². The van der Waals surface area contributed by atoms with E-state index in [1.165, 1.54) is 6.20 Å². The van der Waals surface area contributed by atoms with E-state index in [9.17, 15) is 4.79 Å². The molecular formula is C12H12N4O. The molecule has 2 aromatic rings. The van der Waals surface area contributed by atoms with Crippen molar-refractivity contribution in [1.82, 2.24) is 14.9 Å². The first kappa shape index (κ1) is 11.1. The Bertz CT molecular complexity index is 581. The third-order valence-electron chi connectivity index (χ3n) is 2.45. The van der Waals surface area contributed by atoms with Crippen LogP contribution in [0, 0.1) is 11.3 Å². The van der Waals surface area contributed by atoms with Crippen LogP contribution in [-0.4, -0.2) is 21.6 Å². The molecule has 0 saturated heterocycles. The number of aromatic nitrogens is 2. The first-order chi connectivity index (χ1) is 8.22. The minimum Gasteiger partial charge on any atom is -0.348 e. The molecule has 0 bridgehead atoms. The first-order valence-electron chi connectivity index (χ1n) is 5.32. The van der Waals surface area contributed by atoms with E-state index < -0.39 is 0 Å². The van der Waals surface area contributed by atoms with Crippen molar-refractivity contribution in [2.45, 2.75) is 19.4 Å². The molecule has 2 aromatic heterocycles. The maximum Gasteiger partial charge on any atom is 0.255 e. The fraction of sp³-hybridized carbons (Fsp3) is 0.250. The molecule has 1 unspecified atom stereocenters. The van der Waals surface area contributed by atoms with E-state index in [1.807, 2.05) is 24.3 Å². The van der Waals surface area contributed by atoms with Gasteiger partial charge in [0, 0.05) is 12.2 Å². The molecule has 2 rings (SSSR count). The fourth-order valence-corrected chi connectivity index (χ4v) is 1.60. The first-order valence-corrected chi connectivity index (χ1v) is 5.32. The number of nitriles is 1. The van der Waals surface area contributed by atoms with Gasteiger partial charge in [0.15, 0.2) is 0 Å². The predicted octanol–water partition coefficient (Wildman–Crippen LogP) is 1.37. The van der Waals surface area contributed by atoms with Gasteiger partial charge in [-0.1, -0.05) is 6.07 Å². The summed E-state index contributed by atoms with van der Waals surface area (Å²) in [7, 11) is 0. The van der Waals surface area contributed by atoms with E-state index in [4.69, 9.17) is 5.26 Å². The van der Waals surface area contributed by atoms with Crippen LogP contribution in [0.3, 0.4) is 0 Å². The molecule has 17 heavy (non-hydrogen) atoms. The molecule has 5 heteroatoms. The zero-order valence-corrected chi connectivity index (χ0v) is 9.42. The molecular weight excluding hydrogens is 216 g/mol. The summed E-state index contributed by atoms with van der Waals surface area (Å²) in [6.45, 7) is 1.80. The normalized spacial score (nSPS) is 12.0. The van der Waals surface area contributed by atoms with Gasteiger partial charge >= 0.3 is 0 Å². The molecule has 2 heterocycles. The van der Waals surface area contributed by atoms with Crippen molar-refractivity contribution in [1.29, 1.82) is 5.26 Å². The average Bonchev–Trinajstić information content (AvgIpc) is 2.72. The second kappa shape index (κ2) is 4.66. The maximum absolute atomic E-state index is 11.9. The van der Waals surface area contributed by atoms with Gasteiger partial charge < -0.3 is 5.32 Å².